The van der Waals surface area contributed by atoms with Gasteiger partial charge in [0.2, 0.25) is 5.91 Å². The zero-order valence-corrected chi connectivity index (χ0v) is 18.1. The van der Waals surface area contributed by atoms with Crippen LogP contribution in [0.2, 0.25) is 0 Å². The van der Waals surface area contributed by atoms with Gasteiger partial charge in [0.1, 0.15) is 12.3 Å². The molecule has 0 unspecified atom stereocenters. The number of oxazole rings is 1. The minimum atomic E-state index is -1.17. The molecule has 1 aliphatic rings. The van der Waals surface area contributed by atoms with Crippen LogP contribution >= 0.6 is 0 Å². The number of nitrogens with one attached hydrogen (secondary N) is 1. The van der Waals surface area contributed by atoms with Crippen LogP contribution in [0.15, 0.2) is 10.7 Å². The Hall–Kier alpha value is -2.38. The molecule has 8 heteroatoms. The molecule has 0 spiro atoms. The summed E-state index contributed by atoms with van der Waals surface area (Å²) in [5, 5.41) is 21.8. The van der Waals surface area contributed by atoms with Gasteiger partial charge in [0.15, 0.2) is 5.89 Å². The summed E-state index contributed by atoms with van der Waals surface area (Å²) in [5.41, 5.74) is -0.0719. The Bertz CT molecular complexity index is 736. The van der Waals surface area contributed by atoms with E-state index < -0.39 is 29.3 Å². The molecule has 2 rings (SSSR count). The van der Waals surface area contributed by atoms with Crippen LogP contribution in [-0.2, 0) is 27.2 Å². The second-order valence-electron chi connectivity index (χ2n) is 8.91. The molecule has 1 amide bonds. The molecule has 8 nitrogen and oxygen atoms in total. The van der Waals surface area contributed by atoms with Gasteiger partial charge in [-0.2, -0.15) is 0 Å². The third-order valence-electron chi connectivity index (χ3n) is 5.86. The first-order valence-corrected chi connectivity index (χ1v) is 10.9. The van der Waals surface area contributed by atoms with Crippen LogP contribution in [0.3, 0.4) is 0 Å². The number of nitrogens with zero attached hydrogens (tertiary/aromatic N) is 1. The Morgan fingerprint density at radius 2 is 1.83 bits per heavy atom. The second-order valence-corrected chi connectivity index (χ2v) is 8.91. The van der Waals surface area contributed by atoms with Crippen molar-refractivity contribution in [2.75, 3.05) is 0 Å². The van der Waals surface area contributed by atoms with Gasteiger partial charge in [-0.05, 0) is 38.0 Å². The summed E-state index contributed by atoms with van der Waals surface area (Å²) in [5.74, 6) is -2.37. The van der Waals surface area contributed by atoms with E-state index in [1.165, 1.54) is 6.26 Å². The second kappa shape index (κ2) is 10.6. The van der Waals surface area contributed by atoms with Crippen LogP contribution in [-0.4, -0.2) is 39.1 Å². The van der Waals surface area contributed by atoms with Gasteiger partial charge >= 0.3 is 11.9 Å². The van der Waals surface area contributed by atoms with Crippen LogP contribution in [0.1, 0.15) is 77.3 Å². The fourth-order valence-corrected chi connectivity index (χ4v) is 4.35. The minimum Gasteiger partial charge on any atom is -0.481 e. The van der Waals surface area contributed by atoms with Crippen molar-refractivity contribution >= 4 is 17.8 Å². The fourth-order valence-electron chi connectivity index (χ4n) is 4.35. The molecule has 1 aromatic rings. The van der Waals surface area contributed by atoms with E-state index in [2.05, 4.69) is 24.1 Å². The van der Waals surface area contributed by atoms with Gasteiger partial charge in [0.05, 0.1) is 23.4 Å². The topological polar surface area (TPSA) is 130 Å². The Morgan fingerprint density at radius 3 is 2.37 bits per heavy atom. The third-order valence-corrected chi connectivity index (χ3v) is 5.86. The van der Waals surface area contributed by atoms with Crippen molar-refractivity contribution in [2.24, 2.45) is 17.3 Å². The van der Waals surface area contributed by atoms with Crippen LogP contribution in [0.5, 0.6) is 0 Å². The van der Waals surface area contributed by atoms with Crippen LogP contribution < -0.4 is 5.32 Å². The van der Waals surface area contributed by atoms with E-state index >= 15 is 0 Å². The maximum absolute atomic E-state index is 13.2. The molecule has 1 fully saturated rings. The number of carboxylic acid groups (broad SMARTS) is 2. The van der Waals surface area contributed by atoms with Crippen molar-refractivity contribution in [2.45, 2.75) is 84.6 Å². The van der Waals surface area contributed by atoms with Crippen molar-refractivity contribution < 1.29 is 29.0 Å². The van der Waals surface area contributed by atoms with Gasteiger partial charge < -0.3 is 19.9 Å². The number of aromatic nitrogens is 1. The predicted octanol–water partition coefficient (Wildman–Crippen LogP) is 3.44. The highest BCUT2D eigenvalue weighted by molar-refractivity contribution is 5.88. The van der Waals surface area contributed by atoms with Gasteiger partial charge in [-0.25, -0.2) is 9.78 Å². The molecule has 1 saturated carbocycles. The summed E-state index contributed by atoms with van der Waals surface area (Å²) in [6, 6.07) is -1.17. The summed E-state index contributed by atoms with van der Waals surface area (Å²) in [6.07, 6.45) is 6.49. The summed E-state index contributed by atoms with van der Waals surface area (Å²) >= 11 is 0. The SMILES string of the molecule is CCC[C@H](CC1(C(=O)N[C@@H](Cc2nc(CC(C)C)co2)C(=O)O)CCCC1)C(=O)O. The molecule has 3 N–H and O–H groups in total. The first-order chi connectivity index (χ1) is 14.2. The van der Waals surface area contributed by atoms with Gasteiger partial charge in [0.25, 0.3) is 0 Å². The molecular weight excluding hydrogens is 388 g/mol. The Balaban J connectivity index is 2.12. The molecule has 1 aromatic heterocycles. The molecule has 1 heterocycles. The van der Waals surface area contributed by atoms with E-state index in [0.29, 0.717) is 25.2 Å². The van der Waals surface area contributed by atoms with Crippen LogP contribution in [0, 0.1) is 17.3 Å². The minimum absolute atomic E-state index is 0.0490. The van der Waals surface area contributed by atoms with E-state index in [-0.39, 0.29) is 24.6 Å². The molecule has 0 aliphatic heterocycles. The van der Waals surface area contributed by atoms with Crippen molar-refractivity contribution in [1.82, 2.24) is 10.3 Å². The highest BCUT2D eigenvalue weighted by Crippen LogP contribution is 2.44. The number of carboxylic acids is 2. The number of carbonyl (C=O) groups is 3. The number of hydrogen-bond acceptors (Lipinski definition) is 5. The van der Waals surface area contributed by atoms with E-state index in [9.17, 15) is 24.6 Å². The first-order valence-electron chi connectivity index (χ1n) is 10.9. The summed E-state index contributed by atoms with van der Waals surface area (Å²) in [7, 11) is 0. The average molecular weight is 423 g/mol. The monoisotopic (exact) mass is 422 g/mol. The largest absolute Gasteiger partial charge is 0.481 e. The summed E-state index contributed by atoms with van der Waals surface area (Å²) in [4.78, 5) is 40.9. The number of carbonyl (C=O) groups excluding carboxylic acids is 1. The van der Waals surface area contributed by atoms with E-state index in [1.54, 1.807) is 0 Å². The van der Waals surface area contributed by atoms with Crippen molar-refractivity contribution in [3.63, 3.8) is 0 Å². The standard InChI is InChI=1S/C22H34N2O6/c1-4-7-15(19(25)26)12-22(8-5-6-9-22)21(29)24-17(20(27)28)11-18-23-16(13-30-18)10-14(2)3/h13-15,17H,4-12H2,1-3H3,(H,24,29)(H,25,26)(H,27,28)/t15-,17+/m1/s1. The maximum Gasteiger partial charge on any atom is 0.326 e. The first kappa shape index (κ1) is 23.9. The molecular formula is C22H34N2O6. The smallest absolute Gasteiger partial charge is 0.326 e. The van der Waals surface area contributed by atoms with Gasteiger partial charge in [0, 0.05) is 0 Å². The molecule has 2 atom stereocenters. The number of hydrogen-bond donors (Lipinski definition) is 3. The lowest BCUT2D eigenvalue weighted by Gasteiger charge is -2.31. The highest BCUT2D eigenvalue weighted by atomic mass is 16.4. The normalized spacial score (nSPS) is 17.6. The van der Waals surface area contributed by atoms with Gasteiger partial charge in [-0.3, -0.25) is 9.59 Å². The van der Waals surface area contributed by atoms with Crippen molar-refractivity contribution in [3.05, 3.63) is 17.8 Å². The summed E-state index contributed by atoms with van der Waals surface area (Å²) < 4.78 is 5.40. The fraction of sp³-hybridized carbons (Fsp3) is 0.727. The van der Waals surface area contributed by atoms with E-state index in [1.807, 2.05) is 6.92 Å². The maximum atomic E-state index is 13.2. The Labute approximate surface area is 177 Å². The Kier molecular flexibility index (Phi) is 8.43. The molecule has 0 bridgehead atoms. The lowest BCUT2D eigenvalue weighted by atomic mass is 9.75. The highest BCUT2D eigenvalue weighted by Gasteiger charge is 2.45. The van der Waals surface area contributed by atoms with Gasteiger partial charge in [-0.1, -0.05) is 40.0 Å². The summed E-state index contributed by atoms with van der Waals surface area (Å²) in [6.45, 7) is 6.03. The van der Waals surface area contributed by atoms with E-state index in [4.69, 9.17) is 4.42 Å². The van der Waals surface area contributed by atoms with Crippen molar-refractivity contribution in [1.29, 1.82) is 0 Å². The molecule has 0 radical (unpaired) electrons. The zero-order chi connectivity index (χ0) is 22.3. The predicted molar refractivity (Wildman–Crippen MR) is 110 cm³/mol. The number of aliphatic carboxylic acids is 2. The number of rotatable bonds is 12. The lowest BCUT2D eigenvalue weighted by Crippen LogP contribution is -2.49. The van der Waals surface area contributed by atoms with Gasteiger partial charge in [-0.15, -0.1) is 0 Å². The third kappa shape index (κ3) is 6.31. The average Bonchev–Trinajstić information content (AvgIpc) is 3.30. The quantitative estimate of drug-likeness (QED) is 0.470. The molecule has 0 aromatic carbocycles. The Morgan fingerprint density at radius 1 is 1.17 bits per heavy atom. The van der Waals surface area contributed by atoms with Crippen molar-refractivity contribution in [3.8, 4) is 0 Å². The van der Waals surface area contributed by atoms with E-state index in [0.717, 1.165) is 31.4 Å². The number of amides is 1. The lowest BCUT2D eigenvalue weighted by molar-refractivity contribution is -0.147. The molecule has 168 valence electrons. The molecule has 30 heavy (non-hydrogen) atoms. The molecule has 0 saturated heterocycles. The van der Waals surface area contributed by atoms with Crippen LogP contribution in [0.25, 0.3) is 0 Å². The van der Waals surface area contributed by atoms with Crippen LogP contribution in [0.4, 0.5) is 0 Å². The zero-order valence-electron chi connectivity index (χ0n) is 18.1. The molecule has 1 aliphatic carbocycles.